The van der Waals surface area contributed by atoms with Crippen LogP contribution >= 0.6 is 0 Å². The fourth-order valence-corrected chi connectivity index (χ4v) is 4.06. The van der Waals surface area contributed by atoms with Gasteiger partial charge in [-0.1, -0.05) is 0 Å². The highest BCUT2D eigenvalue weighted by Crippen LogP contribution is 2.22. The molecule has 2 heterocycles. The largest absolute Gasteiger partial charge is 0.340 e. The number of rotatable bonds is 3. The van der Waals surface area contributed by atoms with E-state index in [1.165, 1.54) is 22.7 Å². The Morgan fingerprint density at radius 2 is 1.71 bits per heavy atom. The lowest BCUT2D eigenvalue weighted by Gasteiger charge is -2.38. The molecule has 0 aliphatic carbocycles. The van der Waals surface area contributed by atoms with Crippen molar-refractivity contribution in [2.75, 3.05) is 60.4 Å². The second kappa shape index (κ2) is 6.60. The molecule has 2 saturated heterocycles. The van der Waals surface area contributed by atoms with Crippen LogP contribution in [0.5, 0.6) is 0 Å². The van der Waals surface area contributed by atoms with E-state index in [4.69, 9.17) is 0 Å². The van der Waals surface area contributed by atoms with Crippen LogP contribution in [0.25, 0.3) is 0 Å². The summed E-state index contributed by atoms with van der Waals surface area (Å²) in [7, 11) is 1.69. The maximum atomic E-state index is 12.6. The van der Waals surface area contributed by atoms with Crippen molar-refractivity contribution in [2.24, 2.45) is 5.92 Å². The van der Waals surface area contributed by atoms with Crippen molar-refractivity contribution in [1.29, 1.82) is 0 Å². The van der Waals surface area contributed by atoms with E-state index in [9.17, 15) is 13.2 Å². The first-order valence-corrected chi connectivity index (χ1v) is 8.87. The van der Waals surface area contributed by atoms with Crippen molar-refractivity contribution in [1.82, 2.24) is 18.4 Å². The molecule has 0 aromatic rings. The third-order valence-corrected chi connectivity index (χ3v) is 6.24. The number of carbonyl (C=O) groups excluding carboxylic acids is 1. The van der Waals surface area contributed by atoms with Crippen molar-refractivity contribution in [3.05, 3.63) is 0 Å². The molecule has 1 amide bonds. The van der Waals surface area contributed by atoms with E-state index < -0.39 is 10.2 Å². The number of nitrogens with zero attached hydrogens (tertiary/aromatic N) is 4. The van der Waals surface area contributed by atoms with Gasteiger partial charge >= 0.3 is 0 Å². The summed E-state index contributed by atoms with van der Waals surface area (Å²) in [6.45, 7) is 4.08. The molecule has 1 atom stereocenters. The zero-order valence-corrected chi connectivity index (χ0v) is 14.0. The van der Waals surface area contributed by atoms with Crippen molar-refractivity contribution in [2.45, 2.75) is 12.8 Å². The van der Waals surface area contributed by atoms with E-state index in [2.05, 4.69) is 4.90 Å². The van der Waals surface area contributed by atoms with Gasteiger partial charge in [-0.25, -0.2) is 0 Å². The van der Waals surface area contributed by atoms with E-state index in [-0.39, 0.29) is 11.8 Å². The number of hydrogen-bond donors (Lipinski definition) is 0. The number of piperidine rings is 1. The van der Waals surface area contributed by atoms with E-state index in [0.717, 1.165) is 39.0 Å². The van der Waals surface area contributed by atoms with Gasteiger partial charge in [0.1, 0.15) is 0 Å². The van der Waals surface area contributed by atoms with Crippen LogP contribution in [0.4, 0.5) is 0 Å². The van der Waals surface area contributed by atoms with Crippen LogP contribution < -0.4 is 0 Å². The highest BCUT2D eigenvalue weighted by Gasteiger charge is 2.35. The molecule has 2 aliphatic heterocycles. The third-order valence-electron chi connectivity index (χ3n) is 4.34. The third kappa shape index (κ3) is 3.74. The topological polar surface area (TPSA) is 64.2 Å². The molecule has 2 rings (SSSR count). The summed E-state index contributed by atoms with van der Waals surface area (Å²) in [4.78, 5) is 16.7. The first kappa shape index (κ1) is 16.7. The Bertz CT molecular complexity index is 472. The highest BCUT2D eigenvalue weighted by atomic mass is 32.2. The van der Waals surface area contributed by atoms with E-state index >= 15 is 0 Å². The van der Waals surface area contributed by atoms with Crippen LogP contribution in [0.2, 0.25) is 0 Å². The van der Waals surface area contributed by atoms with E-state index in [0.29, 0.717) is 13.1 Å². The highest BCUT2D eigenvalue weighted by molar-refractivity contribution is 7.86. The average molecular weight is 318 g/mol. The van der Waals surface area contributed by atoms with E-state index in [1.54, 1.807) is 0 Å². The quantitative estimate of drug-likeness (QED) is 0.689. The normalized spacial score (nSPS) is 26.3. The Morgan fingerprint density at radius 3 is 2.29 bits per heavy atom. The molecule has 0 aromatic heterocycles. The summed E-state index contributed by atoms with van der Waals surface area (Å²) in [5.41, 5.74) is 0. The molecule has 7 nitrogen and oxygen atoms in total. The molecule has 2 fully saturated rings. The zero-order valence-electron chi connectivity index (χ0n) is 13.2. The number of carbonyl (C=O) groups is 1. The molecular formula is C13H26N4O3S. The van der Waals surface area contributed by atoms with Gasteiger partial charge in [0.05, 0.1) is 5.92 Å². The molecule has 0 saturated carbocycles. The number of amides is 1. The van der Waals surface area contributed by atoms with Crippen molar-refractivity contribution >= 4 is 16.1 Å². The van der Waals surface area contributed by atoms with Crippen LogP contribution in [-0.4, -0.2) is 93.1 Å². The minimum Gasteiger partial charge on any atom is -0.340 e. The average Bonchev–Trinajstić information content (AvgIpc) is 2.47. The number of piperazine rings is 1. The summed E-state index contributed by atoms with van der Waals surface area (Å²) in [6.07, 6.45) is 1.53. The number of hydrogen-bond acceptors (Lipinski definition) is 4. The van der Waals surface area contributed by atoms with Gasteiger partial charge in [-0.05, 0) is 19.9 Å². The second-order valence-corrected chi connectivity index (χ2v) is 8.26. The first-order chi connectivity index (χ1) is 9.82. The predicted molar refractivity (Wildman–Crippen MR) is 81.0 cm³/mol. The SMILES string of the molecule is CN1CCN(C(=O)[C@@H]2CCCN(S(=O)(=O)N(C)C)C2)CC1. The van der Waals surface area contributed by atoms with Crippen molar-refractivity contribution < 1.29 is 13.2 Å². The Morgan fingerprint density at radius 1 is 1.10 bits per heavy atom. The molecule has 0 bridgehead atoms. The van der Waals surface area contributed by atoms with Gasteiger partial charge in [0.15, 0.2) is 0 Å². The molecule has 2 aliphatic rings. The maximum absolute atomic E-state index is 12.6. The van der Waals surface area contributed by atoms with Crippen LogP contribution in [0, 0.1) is 5.92 Å². The Hall–Kier alpha value is -0.700. The zero-order chi connectivity index (χ0) is 15.6. The molecule has 8 heteroatoms. The fourth-order valence-electron chi connectivity index (χ4n) is 2.87. The minimum absolute atomic E-state index is 0.113. The molecule has 0 spiro atoms. The minimum atomic E-state index is -3.42. The van der Waals surface area contributed by atoms with E-state index in [1.807, 2.05) is 11.9 Å². The molecular weight excluding hydrogens is 292 g/mol. The monoisotopic (exact) mass is 318 g/mol. The van der Waals surface area contributed by atoms with Crippen LogP contribution in [0.3, 0.4) is 0 Å². The Labute approximate surface area is 127 Å². The predicted octanol–water partition coefficient (Wildman–Crippen LogP) is -0.721. The summed E-state index contributed by atoms with van der Waals surface area (Å²) in [5.74, 6) is -0.0846. The summed E-state index contributed by atoms with van der Waals surface area (Å²) >= 11 is 0. The second-order valence-electron chi connectivity index (χ2n) is 6.12. The molecule has 0 unspecified atom stereocenters. The van der Waals surface area contributed by atoms with Gasteiger partial charge in [-0.2, -0.15) is 17.0 Å². The van der Waals surface area contributed by atoms with Gasteiger partial charge in [-0.15, -0.1) is 0 Å². The lowest BCUT2D eigenvalue weighted by Crippen LogP contribution is -2.53. The molecule has 0 radical (unpaired) electrons. The van der Waals surface area contributed by atoms with Gasteiger partial charge in [0.2, 0.25) is 5.91 Å². The van der Waals surface area contributed by atoms with Crippen molar-refractivity contribution in [3.63, 3.8) is 0 Å². The summed E-state index contributed by atoms with van der Waals surface area (Å²) in [5, 5.41) is 0. The Balaban J connectivity index is 1.99. The summed E-state index contributed by atoms with van der Waals surface area (Å²) in [6, 6.07) is 0. The van der Waals surface area contributed by atoms with Crippen LogP contribution in [-0.2, 0) is 15.0 Å². The molecule has 0 N–H and O–H groups in total. The lowest BCUT2D eigenvalue weighted by molar-refractivity contribution is -0.138. The van der Waals surface area contributed by atoms with Gasteiger partial charge in [-0.3, -0.25) is 4.79 Å². The fraction of sp³-hybridized carbons (Fsp3) is 0.923. The Kier molecular flexibility index (Phi) is 5.24. The molecule has 21 heavy (non-hydrogen) atoms. The molecule has 122 valence electrons. The lowest BCUT2D eigenvalue weighted by atomic mass is 9.98. The smallest absolute Gasteiger partial charge is 0.281 e. The molecule has 0 aromatic carbocycles. The van der Waals surface area contributed by atoms with Crippen molar-refractivity contribution in [3.8, 4) is 0 Å². The summed E-state index contributed by atoms with van der Waals surface area (Å²) < 4.78 is 27.0. The maximum Gasteiger partial charge on any atom is 0.281 e. The van der Waals surface area contributed by atoms with Gasteiger partial charge < -0.3 is 9.80 Å². The van der Waals surface area contributed by atoms with Gasteiger partial charge in [0.25, 0.3) is 10.2 Å². The van der Waals surface area contributed by atoms with Gasteiger partial charge in [0, 0.05) is 53.4 Å². The number of likely N-dealkylation sites (N-methyl/N-ethyl adjacent to an activating group) is 1. The van der Waals surface area contributed by atoms with Crippen LogP contribution in [0.1, 0.15) is 12.8 Å². The first-order valence-electron chi connectivity index (χ1n) is 7.47. The standard InChI is InChI=1S/C13H26N4O3S/c1-14(2)21(19,20)17-6-4-5-12(11-17)13(18)16-9-7-15(3)8-10-16/h12H,4-11H2,1-3H3/t12-/m1/s1. The van der Waals surface area contributed by atoms with Crippen LogP contribution in [0.15, 0.2) is 0 Å².